The number of para-hydroxylation sites is 1. The molecule has 10 heteroatoms. The van der Waals surface area contributed by atoms with Crippen molar-refractivity contribution in [3.63, 3.8) is 0 Å². The van der Waals surface area contributed by atoms with Crippen LogP contribution in [0.25, 0.3) is 11.1 Å². The van der Waals surface area contributed by atoms with Crippen molar-refractivity contribution in [2.75, 3.05) is 44.6 Å². The van der Waals surface area contributed by atoms with E-state index in [0.29, 0.717) is 18.8 Å². The number of nitrogens with one attached hydrogen (secondary N) is 2. The normalized spacial score (nSPS) is 13.9. The average molecular weight is 545 g/mol. The summed E-state index contributed by atoms with van der Waals surface area (Å²) >= 11 is 0. The fourth-order valence-electron chi connectivity index (χ4n) is 4.53. The van der Waals surface area contributed by atoms with Crippen LogP contribution in [-0.4, -0.2) is 78.0 Å². The first kappa shape index (κ1) is 28.9. The van der Waals surface area contributed by atoms with Crippen LogP contribution in [0.4, 0.5) is 10.5 Å². The standard InChI is InChI=1S/C30H36N6O4/c1-2-36(31)29(38)27-14-8-13-26(33-27)28(37)21-32-17-20-35-18-15-23(16-19-35)40-30(39)34-25-12-7-6-11-24(25)22-9-4-3-5-10-22/h3-14,23,32H,2,15-21,31H2,1H3,(H,34,39). The lowest BCUT2D eigenvalue weighted by Gasteiger charge is -2.31. The molecule has 0 radical (unpaired) electrons. The largest absolute Gasteiger partial charge is 0.446 e. The van der Waals surface area contributed by atoms with Crippen LogP contribution in [0.3, 0.4) is 0 Å². The van der Waals surface area contributed by atoms with Gasteiger partial charge in [0.25, 0.3) is 5.91 Å². The van der Waals surface area contributed by atoms with E-state index in [1.54, 1.807) is 25.1 Å². The van der Waals surface area contributed by atoms with Gasteiger partial charge in [0.1, 0.15) is 17.5 Å². The number of carbonyl (C=O) groups is 3. The van der Waals surface area contributed by atoms with Gasteiger partial charge in [0.2, 0.25) is 0 Å². The Morgan fingerprint density at radius 1 is 0.975 bits per heavy atom. The average Bonchev–Trinajstić information content (AvgIpc) is 3.00. The molecule has 0 spiro atoms. The number of piperidine rings is 1. The fourth-order valence-corrected chi connectivity index (χ4v) is 4.53. The van der Waals surface area contributed by atoms with Crippen LogP contribution in [-0.2, 0) is 4.74 Å². The quantitative estimate of drug-likeness (QED) is 0.110. The van der Waals surface area contributed by atoms with Gasteiger partial charge in [0.05, 0.1) is 12.2 Å². The van der Waals surface area contributed by atoms with Gasteiger partial charge < -0.3 is 15.0 Å². The van der Waals surface area contributed by atoms with E-state index >= 15 is 0 Å². The third kappa shape index (κ3) is 7.95. The van der Waals surface area contributed by atoms with Crippen LogP contribution >= 0.6 is 0 Å². The Morgan fingerprint density at radius 2 is 1.68 bits per heavy atom. The molecular formula is C30H36N6O4. The molecule has 1 aliphatic heterocycles. The Labute approximate surface area is 234 Å². The molecule has 4 N–H and O–H groups in total. The molecule has 2 aromatic carbocycles. The van der Waals surface area contributed by atoms with Crippen LogP contribution in [0.1, 0.15) is 40.7 Å². The second-order valence-electron chi connectivity index (χ2n) is 9.58. The van der Waals surface area contributed by atoms with Crippen LogP contribution in [0.5, 0.6) is 0 Å². The predicted octanol–water partition coefficient (Wildman–Crippen LogP) is 3.57. The maximum Gasteiger partial charge on any atom is 0.411 e. The molecule has 1 fully saturated rings. The summed E-state index contributed by atoms with van der Waals surface area (Å²) in [7, 11) is 0. The summed E-state index contributed by atoms with van der Waals surface area (Å²) in [5.74, 6) is 5.03. The van der Waals surface area contributed by atoms with Crippen molar-refractivity contribution in [1.82, 2.24) is 20.2 Å². The van der Waals surface area contributed by atoms with Crippen LogP contribution in [0, 0.1) is 0 Å². The van der Waals surface area contributed by atoms with Crippen molar-refractivity contribution >= 4 is 23.5 Å². The summed E-state index contributed by atoms with van der Waals surface area (Å²) in [5, 5.41) is 7.11. The number of Topliss-reactive ketones (excluding diaryl/α,β-unsaturated/α-hetero) is 1. The van der Waals surface area contributed by atoms with Crippen molar-refractivity contribution in [2.24, 2.45) is 5.84 Å². The molecular weight excluding hydrogens is 508 g/mol. The monoisotopic (exact) mass is 544 g/mol. The highest BCUT2D eigenvalue weighted by Crippen LogP contribution is 2.28. The summed E-state index contributed by atoms with van der Waals surface area (Å²) in [6.07, 6.45) is 0.892. The van der Waals surface area contributed by atoms with Gasteiger partial charge in [-0.25, -0.2) is 15.6 Å². The number of hydrogen-bond acceptors (Lipinski definition) is 8. The molecule has 10 nitrogen and oxygen atoms in total. The number of likely N-dealkylation sites (tertiary alicyclic amines) is 1. The third-order valence-corrected chi connectivity index (χ3v) is 6.80. The second kappa shape index (κ2) is 14.3. The Kier molecular flexibility index (Phi) is 10.3. The minimum Gasteiger partial charge on any atom is -0.446 e. The Morgan fingerprint density at radius 3 is 2.42 bits per heavy atom. The van der Waals surface area contributed by atoms with E-state index in [1.165, 1.54) is 0 Å². The van der Waals surface area contributed by atoms with Crippen LogP contribution < -0.4 is 16.5 Å². The van der Waals surface area contributed by atoms with Gasteiger partial charge in [-0.3, -0.25) is 19.9 Å². The molecule has 0 atom stereocenters. The van der Waals surface area contributed by atoms with E-state index in [-0.39, 0.29) is 29.8 Å². The van der Waals surface area contributed by atoms with Gasteiger partial charge in [-0.2, -0.15) is 0 Å². The zero-order valence-electron chi connectivity index (χ0n) is 22.7. The smallest absolute Gasteiger partial charge is 0.411 e. The highest BCUT2D eigenvalue weighted by Gasteiger charge is 2.23. The summed E-state index contributed by atoms with van der Waals surface area (Å²) in [4.78, 5) is 43.8. The van der Waals surface area contributed by atoms with Gasteiger partial charge in [-0.15, -0.1) is 0 Å². The summed E-state index contributed by atoms with van der Waals surface area (Å²) in [6, 6.07) is 22.3. The van der Waals surface area contributed by atoms with Gasteiger partial charge in [0, 0.05) is 38.3 Å². The molecule has 210 valence electrons. The molecule has 40 heavy (non-hydrogen) atoms. The molecule has 1 saturated heterocycles. The zero-order chi connectivity index (χ0) is 28.3. The Hall–Kier alpha value is -4.12. The second-order valence-corrected chi connectivity index (χ2v) is 9.58. The molecule has 3 aromatic rings. The predicted molar refractivity (Wildman–Crippen MR) is 154 cm³/mol. The number of ether oxygens (including phenoxy) is 1. The van der Waals surface area contributed by atoms with Crippen molar-refractivity contribution < 1.29 is 19.1 Å². The zero-order valence-corrected chi connectivity index (χ0v) is 22.7. The molecule has 2 amide bonds. The van der Waals surface area contributed by atoms with E-state index in [0.717, 1.165) is 48.6 Å². The van der Waals surface area contributed by atoms with Crippen molar-refractivity contribution in [3.8, 4) is 11.1 Å². The SMILES string of the molecule is CCN(N)C(=O)c1cccc(C(=O)CNCCN2CCC(OC(=O)Nc3ccccc3-c3ccccc3)CC2)n1. The van der Waals surface area contributed by atoms with Crippen molar-refractivity contribution in [2.45, 2.75) is 25.9 Å². The molecule has 0 unspecified atom stereocenters. The minimum atomic E-state index is -0.449. The molecule has 1 aromatic heterocycles. The lowest BCUT2D eigenvalue weighted by Crippen LogP contribution is -2.42. The van der Waals surface area contributed by atoms with Gasteiger partial charge in [-0.1, -0.05) is 54.6 Å². The van der Waals surface area contributed by atoms with Gasteiger partial charge in [0.15, 0.2) is 5.78 Å². The number of benzene rings is 2. The fraction of sp³-hybridized carbons (Fsp3) is 0.333. The first-order chi connectivity index (χ1) is 19.4. The summed E-state index contributed by atoms with van der Waals surface area (Å²) in [5.41, 5.74) is 3.06. The number of hydrazine groups is 1. The van der Waals surface area contributed by atoms with Crippen molar-refractivity contribution in [3.05, 3.63) is 84.2 Å². The molecule has 0 aliphatic carbocycles. The van der Waals surface area contributed by atoms with Gasteiger partial charge >= 0.3 is 6.09 Å². The van der Waals surface area contributed by atoms with E-state index in [4.69, 9.17) is 10.6 Å². The maximum absolute atomic E-state index is 12.6. The molecule has 0 bridgehead atoms. The van der Waals surface area contributed by atoms with E-state index < -0.39 is 12.0 Å². The number of pyridine rings is 1. The van der Waals surface area contributed by atoms with E-state index in [9.17, 15) is 14.4 Å². The molecule has 4 rings (SSSR count). The maximum atomic E-state index is 12.6. The third-order valence-electron chi connectivity index (χ3n) is 6.80. The highest BCUT2D eigenvalue weighted by molar-refractivity contribution is 5.98. The number of anilines is 1. The van der Waals surface area contributed by atoms with Crippen molar-refractivity contribution in [1.29, 1.82) is 0 Å². The van der Waals surface area contributed by atoms with E-state index in [2.05, 4.69) is 20.5 Å². The lowest BCUT2D eigenvalue weighted by atomic mass is 10.0. The Bertz CT molecular complexity index is 1290. The first-order valence-corrected chi connectivity index (χ1v) is 13.6. The number of nitrogens with zero attached hydrogens (tertiary/aromatic N) is 3. The first-order valence-electron chi connectivity index (χ1n) is 13.6. The summed E-state index contributed by atoms with van der Waals surface area (Å²) in [6.45, 7) is 5.21. The Balaban J connectivity index is 1.16. The molecule has 1 aliphatic rings. The molecule has 2 heterocycles. The summed E-state index contributed by atoms with van der Waals surface area (Å²) < 4.78 is 5.71. The molecule has 0 saturated carbocycles. The topological polar surface area (TPSA) is 130 Å². The number of aromatic nitrogens is 1. The van der Waals surface area contributed by atoms with Gasteiger partial charge in [-0.05, 0) is 43.5 Å². The number of hydrogen-bond donors (Lipinski definition) is 3. The number of carbonyl (C=O) groups excluding carboxylic acids is 3. The van der Waals surface area contributed by atoms with E-state index in [1.807, 2.05) is 54.6 Å². The number of amides is 2. The number of rotatable bonds is 11. The minimum absolute atomic E-state index is 0.120. The highest BCUT2D eigenvalue weighted by atomic mass is 16.6. The number of ketones is 1. The van der Waals surface area contributed by atoms with Crippen LogP contribution in [0.15, 0.2) is 72.8 Å². The van der Waals surface area contributed by atoms with Crippen LogP contribution in [0.2, 0.25) is 0 Å². The number of nitrogens with two attached hydrogens (primary N) is 1. The lowest BCUT2D eigenvalue weighted by molar-refractivity contribution is 0.0593.